The lowest BCUT2D eigenvalue weighted by Gasteiger charge is -2.06. The van der Waals surface area contributed by atoms with Crippen molar-refractivity contribution in [2.45, 2.75) is 0 Å². The topological polar surface area (TPSA) is 108 Å². The normalized spacial score (nSPS) is 10.1. The number of rotatable bonds is 3. The van der Waals surface area contributed by atoms with Crippen molar-refractivity contribution in [1.29, 1.82) is 0 Å². The standard InChI is InChI=1S/C13H9NO5/c15-10-2-1-3-14-11(10)7-4-8(12(16)17)6-9(5-7)13(18)19/h1-6,15H,(H,16,17)(H,18,19). The molecule has 0 bridgehead atoms. The van der Waals surface area contributed by atoms with Crippen LogP contribution >= 0.6 is 0 Å². The third-order valence-corrected chi connectivity index (χ3v) is 2.49. The van der Waals surface area contributed by atoms with Gasteiger partial charge in [-0.3, -0.25) is 4.98 Å². The number of benzene rings is 1. The molecule has 1 aromatic carbocycles. The Balaban J connectivity index is 2.67. The molecule has 6 nitrogen and oxygen atoms in total. The fourth-order valence-electron chi connectivity index (χ4n) is 1.63. The van der Waals surface area contributed by atoms with Crippen molar-refractivity contribution in [3.05, 3.63) is 47.7 Å². The van der Waals surface area contributed by atoms with Gasteiger partial charge in [-0.15, -0.1) is 0 Å². The van der Waals surface area contributed by atoms with Crippen molar-refractivity contribution in [3.63, 3.8) is 0 Å². The number of nitrogens with zero attached hydrogens (tertiary/aromatic N) is 1. The van der Waals surface area contributed by atoms with E-state index in [0.29, 0.717) is 0 Å². The van der Waals surface area contributed by atoms with Crippen LogP contribution in [0.5, 0.6) is 5.75 Å². The average molecular weight is 259 g/mol. The minimum absolute atomic E-state index is 0.133. The SMILES string of the molecule is O=C(O)c1cc(C(=O)O)cc(-c2ncccc2O)c1. The molecule has 1 heterocycles. The third kappa shape index (κ3) is 2.52. The predicted octanol–water partition coefficient (Wildman–Crippen LogP) is 1.85. The Kier molecular flexibility index (Phi) is 3.15. The molecule has 0 aliphatic heterocycles. The number of aromatic carboxylic acids is 2. The summed E-state index contributed by atoms with van der Waals surface area (Å²) >= 11 is 0. The zero-order valence-electron chi connectivity index (χ0n) is 9.57. The van der Waals surface area contributed by atoms with Crippen LogP contribution in [-0.4, -0.2) is 32.2 Å². The summed E-state index contributed by atoms with van der Waals surface area (Å²) in [6, 6.07) is 6.47. The number of carbonyl (C=O) groups is 2. The van der Waals surface area contributed by atoms with Gasteiger partial charge in [0.05, 0.1) is 11.1 Å². The smallest absolute Gasteiger partial charge is 0.335 e. The largest absolute Gasteiger partial charge is 0.506 e. The minimum Gasteiger partial charge on any atom is -0.506 e. The average Bonchev–Trinajstić information content (AvgIpc) is 2.38. The van der Waals surface area contributed by atoms with Crippen molar-refractivity contribution in [2.24, 2.45) is 0 Å². The van der Waals surface area contributed by atoms with Gasteiger partial charge in [0, 0.05) is 11.8 Å². The Morgan fingerprint density at radius 2 is 1.58 bits per heavy atom. The maximum Gasteiger partial charge on any atom is 0.335 e. The minimum atomic E-state index is -1.25. The summed E-state index contributed by atoms with van der Waals surface area (Å²) in [7, 11) is 0. The number of aromatic hydroxyl groups is 1. The number of aromatic nitrogens is 1. The molecule has 0 spiro atoms. The Hall–Kier alpha value is -2.89. The maximum atomic E-state index is 11.0. The number of pyridine rings is 1. The highest BCUT2D eigenvalue weighted by atomic mass is 16.4. The van der Waals surface area contributed by atoms with Gasteiger partial charge in [-0.2, -0.15) is 0 Å². The van der Waals surface area contributed by atoms with Crippen molar-refractivity contribution < 1.29 is 24.9 Å². The summed E-state index contributed by atoms with van der Waals surface area (Å²) in [5, 5.41) is 27.6. The maximum absolute atomic E-state index is 11.0. The molecule has 2 aromatic rings. The van der Waals surface area contributed by atoms with Crippen LogP contribution in [0.25, 0.3) is 11.3 Å². The van der Waals surface area contributed by atoms with Gasteiger partial charge in [0.2, 0.25) is 0 Å². The van der Waals surface area contributed by atoms with E-state index in [1.165, 1.54) is 30.5 Å². The van der Waals surface area contributed by atoms with Gasteiger partial charge in [-0.1, -0.05) is 0 Å². The second kappa shape index (κ2) is 4.77. The van der Waals surface area contributed by atoms with Crippen LogP contribution in [0.4, 0.5) is 0 Å². The predicted molar refractivity (Wildman–Crippen MR) is 65.3 cm³/mol. The van der Waals surface area contributed by atoms with Crippen molar-refractivity contribution in [1.82, 2.24) is 4.98 Å². The highest BCUT2D eigenvalue weighted by Gasteiger charge is 2.14. The van der Waals surface area contributed by atoms with Crippen LogP contribution in [0, 0.1) is 0 Å². The van der Waals surface area contributed by atoms with Gasteiger partial charge in [0.15, 0.2) is 0 Å². The molecule has 3 N–H and O–H groups in total. The van der Waals surface area contributed by atoms with Gasteiger partial charge in [0.25, 0.3) is 0 Å². The molecule has 96 valence electrons. The van der Waals surface area contributed by atoms with Crippen LogP contribution in [0.2, 0.25) is 0 Å². The highest BCUT2D eigenvalue weighted by molar-refractivity contribution is 5.96. The second-order valence-electron chi connectivity index (χ2n) is 3.78. The summed E-state index contributed by atoms with van der Waals surface area (Å²) in [5.41, 5.74) is 0.00315. The van der Waals surface area contributed by atoms with Crippen LogP contribution in [0.1, 0.15) is 20.7 Å². The lowest BCUT2D eigenvalue weighted by atomic mass is 10.0. The first-order valence-electron chi connectivity index (χ1n) is 5.25. The van der Waals surface area contributed by atoms with Gasteiger partial charge in [-0.05, 0) is 30.3 Å². The van der Waals surface area contributed by atoms with Gasteiger partial charge in [-0.25, -0.2) is 9.59 Å². The summed E-state index contributed by atoms with van der Waals surface area (Å²) in [5.74, 6) is -2.65. The lowest BCUT2D eigenvalue weighted by molar-refractivity contribution is 0.0696. The Labute approximate surface area is 107 Å². The monoisotopic (exact) mass is 259 g/mol. The molecule has 0 unspecified atom stereocenters. The van der Waals surface area contributed by atoms with Crippen molar-refractivity contribution in [2.75, 3.05) is 0 Å². The van der Waals surface area contributed by atoms with Gasteiger partial charge in [0.1, 0.15) is 11.4 Å². The first-order valence-corrected chi connectivity index (χ1v) is 5.25. The molecule has 0 radical (unpaired) electrons. The molecule has 0 atom stereocenters. The van der Waals surface area contributed by atoms with E-state index in [9.17, 15) is 14.7 Å². The third-order valence-electron chi connectivity index (χ3n) is 2.49. The molecule has 0 saturated carbocycles. The van der Waals surface area contributed by atoms with E-state index in [1.807, 2.05) is 0 Å². The molecule has 19 heavy (non-hydrogen) atoms. The molecule has 0 fully saturated rings. The molecular formula is C13H9NO5. The van der Waals surface area contributed by atoms with Crippen LogP contribution in [0.3, 0.4) is 0 Å². The molecule has 1 aromatic heterocycles. The van der Waals surface area contributed by atoms with Crippen LogP contribution in [-0.2, 0) is 0 Å². The molecule has 0 amide bonds. The second-order valence-corrected chi connectivity index (χ2v) is 3.78. The fraction of sp³-hybridized carbons (Fsp3) is 0. The lowest BCUT2D eigenvalue weighted by Crippen LogP contribution is -2.03. The van der Waals surface area contributed by atoms with Crippen molar-refractivity contribution in [3.8, 4) is 17.0 Å². The number of hydrogen-bond acceptors (Lipinski definition) is 4. The molecule has 2 rings (SSSR count). The Morgan fingerprint density at radius 1 is 1.00 bits per heavy atom. The molecule has 0 aliphatic rings. The fourth-order valence-corrected chi connectivity index (χ4v) is 1.63. The van der Waals surface area contributed by atoms with E-state index < -0.39 is 11.9 Å². The Bertz CT molecular complexity index is 634. The van der Waals surface area contributed by atoms with Gasteiger partial charge >= 0.3 is 11.9 Å². The quantitative estimate of drug-likeness (QED) is 0.776. The van der Waals surface area contributed by atoms with E-state index in [2.05, 4.69) is 4.98 Å². The molecular weight excluding hydrogens is 250 g/mol. The highest BCUT2D eigenvalue weighted by Crippen LogP contribution is 2.28. The van der Waals surface area contributed by atoms with Gasteiger partial charge < -0.3 is 15.3 Å². The van der Waals surface area contributed by atoms with E-state index >= 15 is 0 Å². The Morgan fingerprint density at radius 3 is 2.05 bits per heavy atom. The summed E-state index contributed by atoms with van der Waals surface area (Å²) in [6.07, 6.45) is 1.42. The zero-order valence-corrected chi connectivity index (χ0v) is 9.57. The summed E-state index contributed by atoms with van der Waals surface area (Å²) in [4.78, 5) is 25.9. The zero-order chi connectivity index (χ0) is 14.0. The summed E-state index contributed by atoms with van der Waals surface area (Å²) < 4.78 is 0. The van der Waals surface area contributed by atoms with E-state index in [4.69, 9.17) is 10.2 Å². The van der Waals surface area contributed by atoms with E-state index in [1.54, 1.807) is 0 Å². The van der Waals surface area contributed by atoms with E-state index in [-0.39, 0.29) is 28.1 Å². The van der Waals surface area contributed by atoms with E-state index in [0.717, 1.165) is 6.07 Å². The first kappa shape index (κ1) is 12.6. The molecule has 0 aliphatic carbocycles. The summed E-state index contributed by atoms with van der Waals surface area (Å²) in [6.45, 7) is 0. The van der Waals surface area contributed by atoms with Crippen LogP contribution < -0.4 is 0 Å². The molecule has 6 heteroatoms. The first-order chi connectivity index (χ1) is 8.99. The number of hydrogen-bond donors (Lipinski definition) is 3. The number of carboxylic acid groups (broad SMARTS) is 2. The number of carboxylic acids is 2. The van der Waals surface area contributed by atoms with Crippen molar-refractivity contribution >= 4 is 11.9 Å². The van der Waals surface area contributed by atoms with Crippen LogP contribution in [0.15, 0.2) is 36.5 Å². The molecule has 0 saturated heterocycles.